The summed E-state index contributed by atoms with van der Waals surface area (Å²) in [6.45, 7) is 5.88. The lowest BCUT2D eigenvalue weighted by atomic mass is 9.90. The van der Waals surface area contributed by atoms with Gasteiger partial charge in [-0.2, -0.15) is 0 Å². The van der Waals surface area contributed by atoms with E-state index >= 15 is 0 Å². The smallest absolute Gasteiger partial charge is 0.0945 e. The molecule has 1 aromatic rings. The highest BCUT2D eigenvalue weighted by molar-refractivity contribution is 5.55. The van der Waals surface area contributed by atoms with E-state index in [1.165, 1.54) is 36.1 Å². The van der Waals surface area contributed by atoms with Gasteiger partial charge < -0.3 is 15.2 Å². The Bertz CT molecular complexity index is 417. The topological polar surface area (TPSA) is 41.5 Å². The quantitative estimate of drug-likeness (QED) is 0.805. The van der Waals surface area contributed by atoms with Crippen molar-refractivity contribution in [2.24, 2.45) is 5.92 Å². The van der Waals surface area contributed by atoms with Crippen LogP contribution in [0.25, 0.3) is 0 Å². The lowest BCUT2D eigenvalue weighted by Crippen LogP contribution is -2.26. The zero-order valence-electron chi connectivity index (χ0n) is 12.7. The second-order valence-electron chi connectivity index (χ2n) is 6.12. The molecule has 1 aliphatic carbocycles. The van der Waals surface area contributed by atoms with Crippen LogP contribution >= 0.6 is 0 Å². The number of aliphatic hydroxyl groups is 1. The third-order valence-corrected chi connectivity index (χ3v) is 3.69. The first-order valence-corrected chi connectivity index (χ1v) is 7.77. The molecule has 2 rings (SSSR count). The molecular formula is C17H27NO2. The van der Waals surface area contributed by atoms with Crippen LogP contribution in [0.2, 0.25) is 0 Å². The summed E-state index contributed by atoms with van der Waals surface area (Å²) in [5.74, 6) is 0.510. The molecule has 3 heteroatoms. The monoisotopic (exact) mass is 277 g/mol. The molecule has 0 aliphatic heterocycles. The van der Waals surface area contributed by atoms with Crippen LogP contribution in [-0.4, -0.2) is 31.0 Å². The predicted molar refractivity (Wildman–Crippen MR) is 83.2 cm³/mol. The third-order valence-electron chi connectivity index (χ3n) is 3.69. The van der Waals surface area contributed by atoms with Gasteiger partial charge in [-0.25, -0.2) is 0 Å². The zero-order chi connectivity index (χ0) is 14.4. The number of anilines is 1. The maximum Gasteiger partial charge on any atom is 0.0945 e. The second-order valence-corrected chi connectivity index (χ2v) is 6.12. The Morgan fingerprint density at radius 3 is 2.80 bits per heavy atom. The summed E-state index contributed by atoms with van der Waals surface area (Å²) >= 11 is 0. The number of ether oxygens (including phenoxy) is 1. The highest BCUT2D eigenvalue weighted by atomic mass is 16.5. The van der Waals surface area contributed by atoms with Gasteiger partial charge in [-0.3, -0.25) is 0 Å². The molecule has 1 aromatic carbocycles. The third kappa shape index (κ3) is 4.50. The molecule has 1 aliphatic rings. The molecule has 0 saturated carbocycles. The molecule has 1 atom stereocenters. The number of aliphatic hydroxyl groups excluding tert-OH is 1. The van der Waals surface area contributed by atoms with Crippen LogP contribution in [0.4, 0.5) is 5.69 Å². The Morgan fingerprint density at radius 1 is 1.20 bits per heavy atom. The number of benzene rings is 1. The number of hydrogen-bond acceptors (Lipinski definition) is 3. The zero-order valence-corrected chi connectivity index (χ0v) is 12.7. The number of rotatable bonds is 7. The second kappa shape index (κ2) is 7.65. The van der Waals surface area contributed by atoms with Crippen molar-refractivity contribution < 1.29 is 9.84 Å². The van der Waals surface area contributed by atoms with Gasteiger partial charge >= 0.3 is 0 Å². The molecule has 20 heavy (non-hydrogen) atoms. The van der Waals surface area contributed by atoms with E-state index in [2.05, 4.69) is 37.4 Å². The van der Waals surface area contributed by atoms with Gasteiger partial charge in [0.1, 0.15) is 0 Å². The van der Waals surface area contributed by atoms with E-state index in [-0.39, 0.29) is 0 Å². The van der Waals surface area contributed by atoms with Gasteiger partial charge in [-0.1, -0.05) is 26.0 Å². The fraction of sp³-hybridized carbons (Fsp3) is 0.647. The molecule has 0 radical (unpaired) electrons. The minimum Gasteiger partial charge on any atom is -0.389 e. The van der Waals surface area contributed by atoms with Crippen LogP contribution in [0.15, 0.2) is 18.2 Å². The van der Waals surface area contributed by atoms with Crippen LogP contribution in [0, 0.1) is 5.92 Å². The Hall–Kier alpha value is -1.06. The molecule has 0 aromatic heterocycles. The molecule has 0 saturated heterocycles. The number of aryl methyl sites for hydroxylation is 1. The number of hydrogen-bond donors (Lipinski definition) is 2. The Kier molecular flexibility index (Phi) is 5.86. The standard InChI is InChI=1S/C17H27NO2/c1-13(2)11-20-12-15(19)10-18-17-9-5-7-14-6-3-4-8-16(14)17/h5,7,9,13,15,18-19H,3-4,6,8,10-12H2,1-2H3. The maximum absolute atomic E-state index is 9.94. The summed E-state index contributed by atoms with van der Waals surface area (Å²) in [6.07, 6.45) is 4.45. The van der Waals surface area contributed by atoms with Crippen molar-refractivity contribution in [1.82, 2.24) is 0 Å². The molecule has 0 fully saturated rings. The Labute approximate surface area is 122 Å². The average molecular weight is 277 g/mol. The van der Waals surface area contributed by atoms with Crippen LogP contribution in [-0.2, 0) is 17.6 Å². The normalized spacial score (nSPS) is 16.0. The van der Waals surface area contributed by atoms with E-state index in [9.17, 15) is 5.11 Å². The Balaban J connectivity index is 1.82. The minimum absolute atomic E-state index is 0.403. The first kappa shape index (κ1) is 15.3. The van der Waals surface area contributed by atoms with E-state index in [0.717, 1.165) is 6.42 Å². The first-order valence-electron chi connectivity index (χ1n) is 7.77. The van der Waals surface area contributed by atoms with Gasteiger partial charge in [-0.15, -0.1) is 0 Å². The largest absolute Gasteiger partial charge is 0.389 e. The summed E-state index contributed by atoms with van der Waals surface area (Å²) in [5, 5.41) is 13.3. The molecule has 1 unspecified atom stereocenters. The highest BCUT2D eigenvalue weighted by Gasteiger charge is 2.13. The molecule has 0 amide bonds. The summed E-state index contributed by atoms with van der Waals surface area (Å²) in [5.41, 5.74) is 4.09. The van der Waals surface area contributed by atoms with Gasteiger partial charge in [0.2, 0.25) is 0 Å². The number of fused-ring (bicyclic) bond motifs is 1. The van der Waals surface area contributed by atoms with Crippen molar-refractivity contribution in [3.05, 3.63) is 29.3 Å². The maximum atomic E-state index is 9.94. The van der Waals surface area contributed by atoms with Gasteiger partial charge in [0.15, 0.2) is 0 Å². The van der Waals surface area contributed by atoms with E-state index < -0.39 is 6.10 Å². The van der Waals surface area contributed by atoms with E-state index in [4.69, 9.17) is 4.74 Å². The van der Waals surface area contributed by atoms with Crippen molar-refractivity contribution >= 4 is 5.69 Å². The molecule has 0 bridgehead atoms. The van der Waals surface area contributed by atoms with Crippen molar-refractivity contribution in [1.29, 1.82) is 0 Å². The lowest BCUT2D eigenvalue weighted by molar-refractivity contribution is 0.0318. The average Bonchev–Trinajstić information content (AvgIpc) is 2.44. The van der Waals surface area contributed by atoms with Gasteiger partial charge in [0, 0.05) is 18.8 Å². The van der Waals surface area contributed by atoms with E-state index in [1.807, 2.05) is 0 Å². The molecule has 2 N–H and O–H groups in total. The summed E-state index contributed by atoms with van der Waals surface area (Å²) in [6, 6.07) is 6.45. The summed E-state index contributed by atoms with van der Waals surface area (Å²) in [4.78, 5) is 0. The van der Waals surface area contributed by atoms with Crippen molar-refractivity contribution in [3.8, 4) is 0 Å². The molecule has 0 spiro atoms. The SMILES string of the molecule is CC(C)COCC(O)CNc1cccc2c1CCCC2. The summed E-state index contributed by atoms with van der Waals surface area (Å²) < 4.78 is 5.47. The van der Waals surface area contributed by atoms with Crippen LogP contribution in [0.5, 0.6) is 0 Å². The van der Waals surface area contributed by atoms with Gasteiger partial charge in [-0.05, 0) is 48.8 Å². The summed E-state index contributed by atoms with van der Waals surface area (Å²) in [7, 11) is 0. The highest BCUT2D eigenvalue weighted by Crippen LogP contribution is 2.27. The van der Waals surface area contributed by atoms with Crippen LogP contribution in [0.1, 0.15) is 37.8 Å². The van der Waals surface area contributed by atoms with Crippen molar-refractivity contribution in [2.45, 2.75) is 45.6 Å². The number of nitrogens with one attached hydrogen (secondary N) is 1. The van der Waals surface area contributed by atoms with Gasteiger partial charge in [0.05, 0.1) is 12.7 Å². The van der Waals surface area contributed by atoms with Crippen molar-refractivity contribution in [3.63, 3.8) is 0 Å². The molecule has 3 nitrogen and oxygen atoms in total. The molecular weight excluding hydrogens is 250 g/mol. The van der Waals surface area contributed by atoms with Gasteiger partial charge in [0.25, 0.3) is 0 Å². The lowest BCUT2D eigenvalue weighted by Gasteiger charge is -2.21. The fourth-order valence-electron chi connectivity index (χ4n) is 2.67. The van der Waals surface area contributed by atoms with Crippen LogP contribution in [0.3, 0.4) is 0 Å². The predicted octanol–water partition coefficient (Wildman–Crippen LogP) is 3.01. The fourth-order valence-corrected chi connectivity index (χ4v) is 2.67. The minimum atomic E-state index is -0.451. The molecule has 112 valence electrons. The first-order chi connectivity index (χ1) is 9.66. The van der Waals surface area contributed by atoms with E-state index in [0.29, 0.717) is 25.7 Å². The Morgan fingerprint density at radius 2 is 2.00 bits per heavy atom. The molecule has 0 heterocycles. The van der Waals surface area contributed by atoms with Crippen molar-refractivity contribution in [2.75, 3.05) is 25.1 Å². The van der Waals surface area contributed by atoms with E-state index in [1.54, 1.807) is 0 Å². The van der Waals surface area contributed by atoms with Crippen LogP contribution < -0.4 is 5.32 Å².